The van der Waals surface area contributed by atoms with Crippen LogP contribution in [0.5, 0.6) is 0 Å². The Kier molecular flexibility index (Phi) is 4.84. The SMILES string of the molecule is CC(C)[C@H](N)C(=O)CC(=O)Nc1ccccc1. The standard InChI is InChI=1S/C13H18N2O2/c1-9(2)13(14)11(16)8-12(17)15-10-6-4-3-5-7-10/h3-7,9,13H,8,14H2,1-2H3,(H,15,17)/t13-/m0/s1. The van der Waals surface area contributed by atoms with Crippen LogP contribution in [0, 0.1) is 5.92 Å². The second-order valence-electron chi connectivity index (χ2n) is 4.33. The number of para-hydroxylation sites is 1. The molecule has 0 unspecified atom stereocenters. The molecule has 4 nitrogen and oxygen atoms in total. The summed E-state index contributed by atoms with van der Waals surface area (Å²) in [4.78, 5) is 23.2. The summed E-state index contributed by atoms with van der Waals surface area (Å²) >= 11 is 0. The zero-order chi connectivity index (χ0) is 12.8. The number of ketones is 1. The number of carbonyl (C=O) groups is 2. The van der Waals surface area contributed by atoms with Crippen LogP contribution in [-0.4, -0.2) is 17.7 Å². The van der Waals surface area contributed by atoms with Gasteiger partial charge >= 0.3 is 0 Å². The normalized spacial score (nSPS) is 12.2. The highest BCUT2D eigenvalue weighted by Gasteiger charge is 2.19. The molecule has 4 heteroatoms. The van der Waals surface area contributed by atoms with Crippen LogP contribution in [0.2, 0.25) is 0 Å². The van der Waals surface area contributed by atoms with Crippen molar-refractivity contribution < 1.29 is 9.59 Å². The Morgan fingerprint density at radius 2 is 1.82 bits per heavy atom. The second-order valence-corrected chi connectivity index (χ2v) is 4.33. The van der Waals surface area contributed by atoms with E-state index in [1.165, 1.54) is 0 Å². The van der Waals surface area contributed by atoms with Crippen molar-refractivity contribution in [3.8, 4) is 0 Å². The smallest absolute Gasteiger partial charge is 0.231 e. The molecule has 0 heterocycles. The second kappa shape index (κ2) is 6.15. The summed E-state index contributed by atoms with van der Waals surface area (Å²) in [6.45, 7) is 3.72. The largest absolute Gasteiger partial charge is 0.326 e. The van der Waals surface area contributed by atoms with Gasteiger partial charge in [-0.3, -0.25) is 9.59 Å². The molecule has 17 heavy (non-hydrogen) atoms. The van der Waals surface area contributed by atoms with Crippen LogP contribution in [0.4, 0.5) is 5.69 Å². The van der Waals surface area contributed by atoms with Crippen molar-refractivity contribution in [2.24, 2.45) is 11.7 Å². The summed E-state index contributed by atoms with van der Waals surface area (Å²) in [5.41, 5.74) is 6.36. The maximum absolute atomic E-state index is 11.6. The first-order chi connectivity index (χ1) is 8.00. The molecule has 3 N–H and O–H groups in total. The lowest BCUT2D eigenvalue weighted by atomic mass is 9.99. The summed E-state index contributed by atoms with van der Waals surface area (Å²) in [5, 5.41) is 2.65. The number of rotatable bonds is 5. The van der Waals surface area contributed by atoms with Gasteiger partial charge < -0.3 is 11.1 Å². The van der Waals surface area contributed by atoms with E-state index >= 15 is 0 Å². The predicted octanol–water partition coefficient (Wildman–Crippen LogP) is 1.57. The van der Waals surface area contributed by atoms with Crippen LogP contribution in [-0.2, 0) is 9.59 Å². The van der Waals surface area contributed by atoms with E-state index < -0.39 is 6.04 Å². The van der Waals surface area contributed by atoms with Gasteiger partial charge in [-0.1, -0.05) is 32.0 Å². The predicted molar refractivity (Wildman–Crippen MR) is 67.5 cm³/mol. The molecule has 0 saturated carbocycles. The van der Waals surface area contributed by atoms with E-state index in [1.54, 1.807) is 12.1 Å². The first-order valence-corrected chi connectivity index (χ1v) is 5.64. The number of Topliss-reactive ketones (excluding diaryl/α,β-unsaturated/α-hetero) is 1. The fourth-order valence-corrected chi connectivity index (χ4v) is 1.37. The van der Waals surface area contributed by atoms with Crippen molar-refractivity contribution in [3.05, 3.63) is 30.3 Å². The van der Waals surface area contributed by atoms with Crippen LogP contribution in [0.25, 0.3) is 0 Å². The third kappa shape index (κ3) is 4.36. The maximum atomic E-state index is 11.6. The van der Waals surface area contributed by atoms with Crippen LogP contribution in [0.3, 0.4) is 0 Å². The lowest BCUT2D eigenvalue weighted by Gasteiger charge is -2.13. The Bertz CT molecular complexity index is 388. The van der Waals surface area contributed by atoms with Crippen molar-refractivity contribution >= 4 is 17.4 Å². The average molecular weight is 234 g/mol. The Morgan fingerprint density at radius 1 is 1.24 bits per heavy atom. The molecule has 0 radical (unpaired) electrons. The van der Waals surface area contributed by atoms with Gasteiger partial charge in [0.25, 0.3) is 0 Å². The molecule has 0 bridgehead atoms. The van der Waals surface area contributed by atoms with Crippen LogP contribution < -0.4 is 11.1 Å². The Morgan fingerprint density at radius 3 is 2.35 bits per heavy atom. The van der Waals surface area contributed by atoms with Gasteiger partial charge in [0.15, 0.2) is 5.78 Å². The number of nitrogens with two attached hydrogens (primary N) is 1. The average Bonchev–Trinajstić information content (AvgIpc) is 2.28. The highest BCUT2D eigenvalue weighted by molar-refractivity contribution is 6.06. The molecule has 0 fully saturated rings. The molecule has 0 aliphatic heterocycles. The minimum Gasteiger partial charge on any atom is -0.326 e. The Hall–Kier alpha value is -1.68. The van der Waals surface area contributed by atoms with E-state index in [0.717, 1.165) is 0 Å². The lowest BCUT2D eigenvalue weighted by Crippen LogP contribution is -2.37. The molecule has 0 saturated heterocycles. The quantitative estimate of drug-likeness (QED) is 0.759. The molecule has 0 aliphatic carbocycles. The highest BCUT2D eigenvalue weighted by Crippen LogP contribution is 2.07. The number of amides is 1. The lowest BCUT2D eigenvalue weighted by molar-refractivity contribution is -0.126. The molecule has 1 atom stereocenters. The Labute approximate surface area is 101 Å². The molecule has 0 aliphatic rings. The first kappa shape index (κ1) is 13.4. The first-order valence-electron chi connectivity index (χ1n) is 5.64. The molecule has 1 aromatic rings. The van der Waals surface area contributed by atoms with Gasteiger partial charge in [0.1, 0.15) is 0 Å². The monoisotopic (exact) mass is 234 g/mol. The van der Waals surface area contributed by atoms with Gasteiger partial charge in [-0.15, -0.1) is 0 Å². The van der Waals surface area contributed by atoms with Gasteiger partial charge in [0, 0.05) is 5.69 Å². The zero-order valence-electron chi connectivity index (χ0n) is 10.1. The third-order valence-electron chi connectivity index (χ3n) is 2.48. The van der Waals surface area contributed by atoms with E-state index in [-0.39, 0.29) is 24.0 Å². The molecule has 1 rings (SSSR count). The summed E-state index contributed by atoms with van der Waals surface area (Å²) in [5.74, 6) is -0.502. The number of hydrogen-bond acceptors (Lipinski definition) is 3. The van der Waals surface area contributed by atoms with Crippen molar-refractivity contribution in [2.75, 3.05) is 5.32 Å². The van der Waals surface area contributed by atoms with Gasteiger partial charge in [-0.05, 0) is 18.1 Å². The van der Waals surface area contributed by atoms with Gasteiger partial charge in [-0.2, -0.15) is 0 Å². The van der Waals surface area contributed by atoms with Crippen LogP contribution in [0.15, 0.2) is 30.3 Å². The highest BCUT2D eigenvalue weighted by atomic mass is 16.2. The van der Waals surface area contributed by atoms with Crippen LogP contribution in [0.1, 0.15) is 20.3 Å². The Balaban J connectivity index is 2.48. The van der Waals surface area contributed by atoms with Gasteiger partial charge in [0.05, 0.1) is 12.5 Å². The zero-order valence-corrected chi connectivity index (χ0v) is 10.1. The minimum absolute atomic E-state index is 0.0482. The fraction of sp³-hybridized carbons (Fsp3) is 0.385. The van der Waals surface area contributed by atoms with E-state index in [1.807, 2.05) is 32.0 Å². The number of nitrogens with one attached hydrogen (secondary N) is 1. The molecule has 0 aromatic heterocycles. The van der Waals surface area contributed by atoms with Gasteiger partial charge in [-0.25, -0.2) is 0 Å². The molecule has 1 aromatic carbocycles. The molecular formula is C13H18N2O2. The van der Waals surface area contributed by atoms with E-state index in [2.05, 4.69) is 5.32 Å². The summed E-state index contributed by atoms with van der Waals surface area (Å²) in [6.07, 6.45) is -0.172. The van der Waals surface area contributed by atoms with Crippen molar-refractivity contribution in [2.45, 2.75) is 26.3 Å². The van der Waals surface area contributed by atoms with E-state index in [9.17, 15) is 9.59 Å². The summed E-state index contributed by atoms with van der Waals surface area (Å²) in [6, 6.07) is 8.45. The molecular weight excluding hydrogens is 216 g/mol. The molecule has 92 valence electrons. The minimum atomic E-state index is -0.573. The maximum Gasteiger partial charge on any atom is 0.231 e. The third-order valence-corrected chi connectivity index (χ3v) is 2.48. The van der Waals surface area contributed by atoms with E-state index in [4.69, 9.17) is 5.73 Å². The summed E-state index contributed by atoms with van der Waals surface area (Å²) < 4.78 is 0. The van der Waals surface area contributed by atoms with Gasteiger partial charge in [0.2, 0.25) is 5.91 Å². The van der Waals surface area contributed by atoms with Crippen LogP contribution >= 0.6 is 0 Å². The molecule has 1 amide bonds. The van der Waals surface area contributed by atoms with Crippen molar-refractivity contribution in [3.63, 3.8) is 0 Å². The number of carbonyl (C=O) groups excluding carboxylic acids is 2. The number of benzene rings is 1. The summed E-state index contributed by atoms with van der Waals surface area (Å²) in [7, 11) is 0. The number of hydrogen-bond donors (Lipinski definition) is 2. The number of anilines is 1. The fourth-order valence-electron chi connectivity index (χ4n) is 1.37. The molecule has 0 spiro atoms. The van der Waals surface area contributed by atoms with E-state index in [0.29, 0.717) is 5.69 Å². The van der Waals surface area contributed by atoms with Crippen molar-refractivity contribution in [1.29, 1.82) is 0 Å². The van der Waals surface area contributed by atoms with Crippen molar-refractivity contribution in [1.82, 2.24) is 0 Å². The topological polar surface area (TPSA) is 72.2 Å².